The van der Waals surface area contributed by atoms with Gasteiger partial charge in [-0.15, -0.1) is 0 Å². The van der Waals surface area contributed by atoms with Crippen molar-refractivity contribution in [2.24, 2.45) is 0 Å². The van der Waals surface area contributed by atoms with E-state index in [1.807, 2.05) is 0 Å². The first kappa shape index (κ1) is 29.9. The van der Waals surface area contributed by atoms with Crippen molar-refractivity contribution in [2.75, 3.05) is 45.6 Å². The van der Waals surface area contributed by atoms with E-state index in [0.717, 1.165) is 9.80 Å². The molecule has 0 rings (SSSR count). The van der Waals surface area contributed by atoms with Crippen LogP contribution in [0.2, 0.25) is 0 Å². The van der Waals surface area contributed by atoms with Crippen LogP contribution in [0.4, 0.5) is 0 Å². The van der Waals surface area contributed by atoms with Crippen LogP contribution in [0.1, 0.15) is 26.7 Å². The molecule has 2 atom stereocenters. The lowest BCUT2D eigenvalue weighted by molar-refractivity contribution is -0.148. The van der Waals surface area contributed by atoms with Crippen molar-refractivity contribution in [2.45, 2.75) is 38.8 Å². The average molecular weight is 485 g/mol. The number of hydrogen-bond donors (Lipinski definition) is 6. The normalized spacial score (nSPS) is 14.0. The summed E-state index contributed by atoms with van der Waals surface area (Å²) in [7, 11) is -4.57. The van der Waals surface area contributed by atoms with Gasteiger partial charge in [-0.3, -0.25) is 38.4 Å². The predicted molar refractivity (Wildman–Crippen MR) is 110 cm³/mol. The Hall–Kier alpha value is -2.09. The van der Waals surface area contributed by atoms with E-state index in [0.29, 0.717) is 0 Å². The molecule has 0 aromatic heterocycles. The Balaban J connectivity index is 5.50. The molecule has 15 heteroatoms. The number of nitrogens with zero attached hydrogens (tertiary/aromatic N) is 3. The molecule has 0 saturated heterocycles. The standard InChI is InChI=1S/C17H32N3O11P/c1-3-12(16(25)26)19(9-14(21)22)7-5-18(11-32(29,30)31)6-8-20(10-15(23)24)13(4-2)17(27)28/h12-13H,3-11H2,1-2H3,(H,21,22)(H,23,24)(H,25,26)(H,27,28)(H2,29,30,31). The first-order valence-electron chi connectivity index (χ1n) is 9.85. The lowest BCUT2D eigenvalue weighted by Gasteiger charge is -2.32. The van der Waals surface area contributed by atoms with Crippen LogP contribution in [0, 0.1) is 0 Å². The molecule has 6 N–H and O–H groups in total. The minimum Gasteiger partial charge on any atom is -0.480 e. The van der Waals surface area contributed by atoms with E-state index < -0.39 is 62.9 Å². The topological polar surface area (TPSA) is 216 Å². The van der Waals surface area contributed by atoms with Crippen LogP contribution in [-0.4, -0.2) is 126 Å². The number of aliphatic carboxylic acids is 4. The highest BCUT2D eigenvalue weighted by atomic mass is 31.2. The highest BCUT2D eigenvalue weighted by molar-refractivity contribution is 7.51. The van der Waals surface area contributed by atoms with Crippen molar-refractivity contribution in [3.8, 4) is 0 Å². The van der Waals surface area contributed by atoms with Gasteiger partial charge >= 0.3 is 31.5 Å². The molecule has 0 aromatic carbocycles. The molecular formula is C17H32N3O11P. The summed E-state index contributed by atoms with van der Waals surface area (Å²) in [5, 5.41) is 36.8. The molecule has 0 amide bonds. The number of carbonyl (C=O) groups is 4. The predicted octanol–water partition coefficient (Wildman–Crippen LogP) is -1.08. The molecule has 0 radical (unpaired) electrons. The van der Waals surface area contributed by atoms with Crippen molar-refractivity contribution < 1.29 is 54.0 Å². The lowest BCUT2D eigenvalue weighted by atomic mass is 10.2. The molecule has 32 heavy (non-hydrogen) atoms. The second-order valence-corrected chi connectivity index (χ2v) is 8.79. The van der Waals surface area contributed by atoms with Gasteiger partial charge in [0.05, 0.1) is 13.1 Å². The molecule has 0 aromatic rings. The largest absolute Gasteiger partial charge is 0.480 e. The fourth-order valence-corrected chi connectivity index (χ4v) is 4.07. The third kappa shape index (κ3) is 12.1. The van der Waals surface area contributed by atoms with Gasteiger partial charge in [0, 0.05) is 26.2 Å². The minimum absolute atomic E-state index is 0.101. The van der Waals surface area contributed by atoms with Gasteiger partial charge in [0.2, 0.25) is 0 Å². The number of carboxylic acids is 4. The SMILES string of the molecule is CCC(C(=O)O)N(CCN(CCN(CC(=O)O)C(CC)C(=O)O)CP(=O)(O)O)CC(=O)O. The monoisotopic (exact) mass is 485 g/mol. The molecule has 14 nitrogen and oxygen atoms in total. The molecule has 0 spiro atoms. The Morgan fingerprint density at radius 2 is 1.06 bits per heavy atom. The third-order valence-corrected chi connectivity index (χ3v) is 5.46. The maximum absolute atomic E-state index is 11.5. The van der Waals surface area contributed by atoms with Crippen LogP contribution in [0.5, 0.6) is 0 Å². The zero-order valence-electron chi connectivity index (χ0n) is 18.0. The first-order valence-corrected chi connectivity index (χ1v) is 11.7. The third-order valence-electron chi connectivity index (χ3n) is 4.69. The summed E-state index contributed by atoms with van der Waals surface area (Å²) >= 11 is 0. The van der Waals surface area contributed by atoms with Crippen LogP contribution in [0.3, 0.4) is 0 Å². The lowest BCUT2D eigenvalue weighted by Crippen LogP contribution is -2.49. The fourth-order valence-electron chi connectivity index (χ4n) is 3.27. The van der Waals surface area contributed by atoms with E-state index in [9.17, 15) is 43.7 Å². The number of rotatable bonds is 18. The molecule has 2 unspecified atom stereocenters. The van der Waals surface area contributed by atoms with E-state index >= 15 is 0 Å². The van der Waals surface area contributed by atoms with Gasteiger partial charge in [-0.2, -0.15) is 0 Å². The smallest absolute Gasteiger partial charge is 0.339 e. The van der Waals surface area contributed by atoms with Gasteiger partial charge in [0.15, 0.2) is 0 Å². The van der Waals surface area contributed by atoms with Crippen molar-refractivity contribution in [3.63, 3.8) is 0 Å². The molecule has 0 heterocycles. The van der Waals surface area contributed by atoms with E-state index in [-0.39, 0.29) is 39.0 Å². The minimum atomic E-state index is -4.57. The molecule has 0 bridgehead atoms. The molecule has 0 saturated carbocycles. The molecule has 0 fully saturated rings. The molecule has 186 valence electrons. The Bertz CT molecular complexity index is 653. The number of carboxylic acid groups (broad SMARTS) is 4. The maximum atomic E-state index is 11.5. The van der Waals surface area contributed by atoms with Gasteiger partial charge in [-0.25, -0.2) is 0 Å². The van der Waals surface area contributed by atoms with E-state index in [2.05, 4.69) is 0 Å². The fraction of sp³-hybridized carbons (Fsp3) is 0.765. The summed E-state index contributed by atoms with van der Waals surface area (Å²) in [6.45, 7) is 1.36. The summed E-state index contributed by atoms with van der Waals surface area (Å²) < 4.78 is 11.5. The number of hydrogen-bond acceptors (Lipinski definition) is 8. The molecule has 0 aliphatic rings. The van der Waals surface area contributed by atoms with Crippen molar-refractivity contribution in [1.29, 1.82) is 0 Å². The van der Waals surface area contributed by atoms with Crippen LogP contribution < -0.4 is 0 Å². The zero-order valence-corrected chi connectivity index (χ0v) is 18.9. The summed E-state index contributed by atoms with van der Waals surface area (Å²) in [5.74, 6) is -5.03. The van der Waals surface area contributed by atoms with Crippen LogP contribution >= 0.6 is 7.60 Å². The molecular weight excluding hydrogens is 453 g/mol. The van der Waals surface area contributed by atoms with E-state index in [1.54, 1.807) is 13.8 Å². The average Bonchev–Trinajstić information content (AvgIpc) is 2.61. The van der Waals surface area contributed by atoms with E-state index in [4.69, 9.17) is 10.2 Å². The molecule has 0 aliphatic carbocycles. The summed E-state index contributed by atoms with van der Waals surface area (Å²) in [6, 6.07) is -2.24. The van der Waals surface area contributed by atoms with Crippen LogP contribution in [-0.2, 0) is 23.7 Å². The van der Waals surface area contributed by atoms with Gasteiger partial charge in [-0.05, 0) is 12.8 Å². The van der Waals surface area contributed by atoms with Crippen LogP contribution in [0.25, 0.3) is 0 Å². The highest BCUT2D eigenvalue weighted by Gasteiger charge is 2.29. The van der Waals surface area contributed by atoms with E-state index in [1.165, 1.54) is 4.90 Å². The van der Waals surface area contributed by atoms with Crippen LogP contribution in [0.15, 0.2) is 0 Å². The molecule has 0 aliphatic heterocycles. The Labute approximate surface area is 185 Å². The summed E-state index contributed by atoms with van der Waals surface area (Å²) in [4.78, 5) is 67.4. The Morgan fingerprint density at radius 1 is 0.719 bits per heavy atom. The van der Waals surface area contributed by atoms with Gasteiger partial charge < -0.3 is 30.2 Å². The summed E-state index contributed by atoms with van der Waals surface area (Å²) in [5.41, 5.74) is 0. The van der Waals surface area contributed by atoms with Gasteiger partial charge in [0.1, 0.15) is 18.4 Å². The maximum Gasteiger partial charge on any atom is 0.339 e. The second-order valence-electron chi connectivity index (χ2n) is 7.18. The highest BCUT2D eigenvalue weighted by Crippen LogP contribution is 2.35. The van der Waals surface area contributed by atoms with Crippen molar-refractivity contribution in [1.82, 2.24) is 14.7 Å². The zero-order chi connectivity index (χ0) is 25.1. The van der Waals surface area contributed by atoms with Gasteiger partial charge in [0.25, 0.3) is 0 Å². The van der Waals surface area contributed by atoms with Crippen molar-refractivity contribution in [3.05, 3.63) is 0 Å². The van der Waals surface area contributed by atoms with Gasteiger partial charge in [-0.1, -0.05) is 13.8 Å². The first-order chi connectivity index (χ1) is 14.7. The van der Waals surface area contributed by atoms with Crippen molar-refractivity contribution >= 4 is 31.5 Å². The Morgan fingerprint density at radius 3 is 1.28 bits per heavy atom. The second kappa shape index (κ2) is 14.1. The summed E-state index contributed by atoms with van der Waals surface area (Å²) in [6.07, 6.45) is -0.545. The quantitative estimate of drug-likeness (QED) is 0.127. The Kier molecular flexibility index (Phi) is 13.2.